The number of nitrogens with one attached hydrogen (secondary N) is 1. The van der Waals surface area contributed by atoms with Gasteiger partial charge in [-0.05, 0) is 31.6 Å². The lowest BCUT2D eigenvalue weighted by Gasteiger charge is -2.38. The fraction of sp³-hybridized carbons (Fsp3) is 0.450. The average Bonchev–Trinajstić information content (AvgIpc) is 2.97. The van der Waals surface area contributed by atoms with Gasteiger partial charge >= 0.3 is 0 Å². The lowest BCUT2D eigenvalue weighted by molar-refractivity contribution is 0.0283. The number of aromatic nitrogens is 1. The Bertz CT molecular complexity index is 757. The molecule has 0 amide bonds. The zero-order chi connectivity index (χ0) is 16.6. The molecular formula is C20H24N2O2. The predicted octanol–water partition coefficient (Wildman–Crippen LogP) is 3.49. The number of hydrogen-bond acceptors (Lipinski definition) is 3. The molecule has 2 aliphatic heterocycles. The third kappa shape index (κ3) is 2.46. The van der Waals surface area contributed by atoms with Crippen LogP contribution in [-0.2, 0) is 12.1 Å². The monoisotopic (exact) mass is 324 g/mol. The molecule has 0 radical (unpaired) electrons. The fourth-order valence-corrected chi connectivity index (χ4v) is 4.04. The van der Waals surface area contributed by atoms with Gasteiger partial charge in [0.05, 0.1) is 12.2 Å². The van der Waals surface area contributed by atoms with Gasteiger partial charge in [-0.3, -0.25) is 4.79 Å². The Kier molecular flexibility index (Phi) is 3.93. The Morgan fingerprint density at radius 1 is 1.25 bits per heavy atom. The smallest absolute Gasteiger partial charge is 0.164 e. The van der Waals surface area contributed by atoms with Crippen molar-refractivity contribution in [1.82, 2.24) is 9.88 Å². The lowest BCUT2D eigenvalue weighted by Crippen LogP contribution is -2.45. The minimum absolute atomic E-state index is 0.235. The van der Waals surface area contributed by atoms with Crippen molar-refractivity contribution in [2.75, 3.05) is 13.1 Å². The zero-order valence-electron chi connectivity index (χ0n) is 14.2. The molecule has 1 fully saturated rings. The van der Waals surface area contributed by atoms with E-state index in [4.69, 9.17) is 4.74 Å². The highest BCUT2D eigenvalue weighted by Crippen LogP contribution is 2.42. The fourth-order valence-electron chi connectivity index (χ4n) is 4.04. The number of para-hydroxylation sites is 1. The SMILES string of the molecule is CCCC(=O)c1ccn2c1C1(CCNCC1)Oc1ccccc1C2. The van der Waals surface area contributed by atoms with Crippen molar-refractivity contribution in [2.24, 2.45) is 0 Å². The van der Waals surface area contributed by atoms with Crippen LogP contribution in [0, 0.1) is 0 Å². The van der Waals surface area contributed by atoms with Gasteiger partial charge in [-0.15, -0.1) is 0 Å². The molecule has 3 heterocycles. The normalized spacial score (nSPS) is 18.4. The van der Waals surface area contributed by atoms with Crippen molar-refractivity contribution >= 4 is 5.78 Å². The number of ketones is 1. The van der Waals surface area contributed by atoms with Crippen LogP contribution in [0.25, 0.3) is 0 Å². The molecule has 24 heavy (non-hydrogen) atoms. The first-order valence-corrected chi connectivity index (χ1v) is 8.94. The molecule has 0 saturated carbocycles. The number of carbonyl (C=O) groups is 1. The first-order valence-electron chi connectivity index (χ1n) is 8.94. The Morgan fingerprint density at radius 3 is 2.83 bits per heavy atom. The third-order valence-corrected chi connectivity index (χ3v) is 5.20. The lowest BCUT2D eigenvalue weighted by atomic mass is 9.85. The number of benzene rings is 1. The highest BCUT2D eigenvalue weighted by atomic mass is 16.5. The molecular weight excluding hydrogens is 300 g/mol. The number of carbonyl (C=O) groups excluding carboxylic acids is 1. The van der Waals surface area contributed by atoms with E-state index in [1.54, 1.807) is 0 Å². The molecule has 4 nitrogen and oxygen atoms in total. The molecule has 0 bridgehead atoms. The Hall–Kier alpha value is -2.07. The molecule has 1 spiro atoms. The number of Topliss-reactive ketones (excluding diaryl/α,β-unsaturated/α-hetero) is 1. The summed E-state index contributed by atoms with van der Waals surface area (Å²) in [6.45, 7) is 4.64. The van der Waals surface area contributed by atoms with E-state index in [1.807, 2.05) is 12.1 Å². The second-order valence-corrected chi connectivity index (χ2v) is 6.83. The van der Waals surface area contributed by atoms with E-state index >= 15 is 0 Å². The summed E-state index contributed by atoms with van der Waals surface area (Å²) in [7, 11) is 0. The van der Waals surface area contributed by atoms with Crippen molar-refractivity contribution in [3.8, 4) is 5.75 Å². The summed E-state index contributed by atoms with van der Waals surface area (Å²) >= 11 is 0. The molecule has 1 N–H and O–H groups in total. The molecule has 1 aromatic heterocycles. The van der Waals surface area contributed by atoms with E-state index in [9.17, 15) is 4.79 Å². The molecule has 0 aliphatic carbocycles. The predicted molar refractivity (Wildman–Crippen MR) is 93.6 cm³/mol. The average molecular weight is 324 g/mol. The van der Waals surface area contributed by atoms with Crippen LogP contribution < -0.4 is 10.1 Å². The summed E-state index contributed by atoms with van der Waals surface area (Å²) in [6.07, 6.45) is 5.31. The summed E-state index contributed by atoms with van der Waals surface area (Å²) in [6, 6.07) is 10.2. The van der Waals surface area contributed by atoms with E-state index in [0.29, 0.717) is 6.42 Å². The highest BCUT2D eigenvalue weighted by Gasteiger charge is 2.43. The first kappa shape index (κ1) is 15.5. The number of nitrogens with zero attached hydrogens (tertiary/aromatic N) is 1. The van der Waals surface area contributed by atoms with Crippen LogP contribution in [0.15, 0.2) is 36.5 Å². The highest BCUT2D eigenvalue weighted by molar-refractivity contribution is 5.97. The van der Waals surface area contributed by atoms with Gasteiger partial charge in [-0.2, -0.15) is 0 Å². The van der Waals surface area contributed by atoms with Crippen LogP contribution in [0.2, 0.25) is 0 Å². The quantitative estimate of drug-likeness (QED) is 0.879. The van der Waals surface area contributed by atoms with Gasteiger partial charge in [0.25, 0.3) is 0 Å². The van der Waals surface area contributed by atoms with Gasteiger partial charge < -0.3 is 14.6 Å². The number of piperidine rings is 1. The van der Waals surface area contributed by atoms with Crippen molar-refractivity contribution in [1.29, 1.82) is 0 Å². The van der Waals surface area contributed by atoms with Gasteiger partial charge in [0.1, 0.15) is 5.75 Å². The van der Waals surface area contributed by atoms with Crippen molar-refractivity contribution < 1.29 is 9.53 Å². The Balaban J connectivity index is 1.87. The van der Waals surface area contributed by atoms with Gasteiger partial charge in [0.15, 0.2) is 11.4 Å². The summed E-state index contributed by atoms with van der Waals surface area (Å²) < 4.78 is 8.86. The third-order valence-electron chi connectivity index (χ3n) is 5.20. The van der Waals surface area contributed by atoms with Crippen LogP contribution >= 0.6 is 0 Å². The van der Waals surface area contributed by atoms with Crippen LogP contribution in [-0.4, -0.2) is 23.4 Å². The topological polar surface area (TPSA) is 43.3 Å². The van der Waals surface area contributed by atoms with E-state index in [1.165, 1.54) is 5.56 Å². The summed E-state index contributed by atoms with van der Waals surface area (Å²) in [4.78, 5) is 12.7. The summed E-state index contributed by atoms with van der Waals surface area (Å²) in [5.41, 5.74) is 2.71. The second-order valence-electron chi connectivity index (χ2n) is 6.83. The largest absolute Gasteiger partial charge is 0.481 e. The van der Waals surface area contributed by atoms with Crippen molar-refractivity contribution in [3.63, 3.8) is 0 Å². The minimum atomic E-state index is -0.403. The number of ether oxygens (including phenoxy) is 1. The van der Waals surface area contributed by atoms with E-state index < -0.39 is 5.60 Å². The minimum Gasteiger partial charge on any atom is -0.481 e. The molecule has 1 aromatic carbocycles. The second kappa shape index (κ2) is 6.10. The van der Waals surface area contributed by atoms with Crippen LogP contribution in [0.5, 0.6) is 5.75 Å². The van der Waals surface area contributed by atoms with Crippen LogP contribution in [0.4, 0.5) is 0 Å². The van der Waals surface area contributed by atoms with Crippen LogP contribution in [0.3, 0.4) is 0 Å². The molecule has 4 heteroatoms. The molecule has 4 rings (SSSR count). The standard InChI is InChI=1S/C20H24N2O2/c1-2-5-17(23)16-8-13-22-14-15-6-3-4-7-18(15)24-20(19(16)22)9-11-21-12-10-20/h3-4,6-8,13,21H,2,5,9-12,14H2,1H3. The molecule has 2 aromatic rings. The van der Waals surface area contributed by atoms with Gasteiger partial charge in [0, 0.05) is 36.6 Å². The number of hydrogen-bond donors (Lipinski definition) is 1. The molecule has 0 unspecified atom stereocenters. The van der Waals surface area contributed by atoms with Gasteiger partial charge in [-0.1, -0.05) is 25.1 Å². The van der Waals surface area contributed by atoms with Gasteiger partial charge in [-0.25, -0.2) is 0 Å². The number of fused-ring (bicyclic) bond motifs is 3. The Morgan fingerprint density at radius 2 is 2.04 bits per heavy atom. The molecule has 126 valence electrons. The van der Waals surface area contributed by atoms with Crippen molar-refractivity contribution in [2.45, 2.75) is 44.8 Å². The van der Waals surface area contributed by atoms with E-state index in [-0.39, 0.29) is 5.78 Å². The molecule has 1 saturated heterocycles. The maximum absolute atomic E-state index is 12.7. The molecule has 0 atom stereocenters. The van der Waals surface area contributed by atoms with Crippen LogP contribution in [0.1, 0.15) is 54.2 Å². The van der Waals surface area contributed by atoms with Crippen molar-refractivity contribution in [3.05, 3.63) is 53.3 Å². The molecule has 2 aliphatic rings. The maximum Gasteiger partial charge on any atom is 0.164 e. The zero-order valence-corrected chi connectivity index (χ0v) is 14.2. The Labute approximate surface area is 142 Å². The summed E-state index contributed by atoms with van der Waals surface area (Å²) in [5.74, 6) is 1.19. The number of rotatable bonds is 3. The first-order chi connectivity index (χ1) is 11.7. The summed E-state index contributed by atoms with van der Waals surface area (Å²) in [5, 5.41) is 3.42. The maximum atomic E-state index is 12.7. The van der Waals surface area contributed by atoms with Gasteiger partial charge in [0.2, 0.25) is 0 Å². The van der Waals surface area contributed by atoms with E-state index in [0.717, 1.165) is 55.9 Å². The van der Waals surface area contributed by atoms with E-state index in [2.05, 4.69) is 41.2 Å².